The smallest absolute Gasteiger partial charge is 0.274 e. The summed E-state index contributed by atoms with van der Waals surface area (Å²) in [4.78, 5) is 21.1. The fraction of sp³-hybridized carbons (Fsp3) is 0.154. The summed E-state index contributed by atoms with van der Waals surface area (Å²) in [5, 5.41) is 2.71. The zero-order valence-electron chi connectivity index (χ0n) is 10.8. The van der Waals surface area contributed by atoms with Crippen LogP contribution in [0.1, 0.15) is 11.3 Å². The van der Waals surface area contributed by atoms with Gasteiger partial charge in [-0.05, 0) is 18.6 Å². The van der Waals surface area contributed by atoms with Gasteiger partial charge in [0, 0.05) is 22.4 Å². The number of anilines is 1. The molecule has 0 unspecified atom stereocenters. The normalized spacial score (nSPS) is 11.1. The first-order chi connectivity index (χ1) is 9.65. The molecule has 3 N–H and O–H groups in total. The minimum Gasteiger partial charge on any atom is -0.398 e. The summed E-state index contributed by atoms with van der Waals surface area (Å²) in [5.74, 6) is 0.956. The zero-order valence-corrected chi connectivity index (χ0v) is 11.6. The predicted octanol–water partition coefficient (Wildman–Crippen LogP) is 1.60. The van der Waals surface area contributed by atoms with Crippen LogP contribution < -0.4 is 11.3 Å². The molecule has 102 valence electrons. The minimum atomic E-state index is -0.166. The number of aromatic nitrogens is 4. The highest BCUT2D eigenvalue weighted by Crippen LogP contribution is 2.29. The third-order valence-corrected chi connectivity index (χ3v) is 4.09. The number of rotatable bonds is 3. The van der Waals surface area contributed by atoms with Crippen molar-refractivity contribution in [3.63, 3.8) is 0 Å². The molecule has 0 aliphatic heterocycles. The van der Waals surface area contributed by atoms with Gasteiger partial charge in [0.15, 0.2) is 0 Å². The maximum atomic E-state index is 11.8. The largest absolute Gasteiger partial charge is 0.398 e. The van der Waals surface area contributed by atoms with Gasteiger partial charge in [-0.2, -0.15) is 4.52 Å². The number of aromatic amines is 1. The van der Waals surface area contributed by atoms with Gasteiger partial charge in [-0.15, -0.1) is 11.8 Å². The Morgan fingerprint density at radius 3 is 3.15 bits per heavy atom. The van der Waals surface area contributed by atoms with Gasteiger partial charge in [0.2, 0.25) is 0 Å². The van der Waals surface area contributed by atoms with Crippen LogP contribution in [0.3, 0.4) is 0 Å². The van der Waals surface area contributed by atoms with E-state index < -0.39 is 0 Å². The molecule has 20 heavy (non-hydrogen) atoms. The lowest BCUT2D eigenvalue weighted by molar-refractivity contribution is 0.887. The average molecular weight is 287 g/mol. The molecule has 0 saturated carbocycles. The Bertz CT molecular complexity index is 823. The lowest BCUT2D eigenvalue weighted by Gasteiger charge is -2.07. The summed E-state index contributed by atoms with van der Waals surface area (Å²) in [6.45, 7) is 1.97. The first kappa shape index (κ1) is 12.7. The summed E-state index contributed by atoms with van der Waals surface area (Å²) in [5.41, 5.74) is 8.37. The molecule has 0 radical (unpaired) electrons. The lowest BCUT2D eigenvalue weighted by atomic mass is 10.2. The van der Waals surface area contributed by atoms with Gasteiger partial charge in [-0.3, -0.25) is 9.89 Å². The number of nitrogens with one attached hydrogen (secondary N) is 1. The maximum absolute atomic E-state index is 11.8. The Kier molecular flexibility index (Phi) is 3.19. The first-order valence-corrected chi connectivity index (χ1v) is 7.03. The average Bonchev–Trinajstić information content (AvgIpc) is 2.89. The van der Waals surface area contributed by atoms with E-state index in [-0.39, 0.29) is 5.56 Å². The standard InChI is InChI=1S/C13H13N5OS/c1-8-3-2-4-10(12(8)14)20-6-9-5-11(19)18-13(17-9)15-7-16-18/h2-5,7H,6,14H2,1H3,(H,15,16,17). The summed E-state index contributed by atoms with van der Waals surface area (Å²) in [6.07, 6.45) is 1.44. The number of fused-ring (bicyclic) bond motifs is 1. The third kappa shape index (κ3) is 2.27. The molecule has 3 rings (SSSR count). The number of hydrogen-bond donors (Lipinski definition) is 2. The van der Waals surface area contributed by atoms with Crippen molar-refractivity contribution in [2.24, 2.45) is 0 Å². The summed E-state index contributed by atoms with van der Waals surface area (Å²) < 4.78 is 1.30. The Labute approximate surface area is 119 Å². The maximum Gasteiger partial charge on any atom is 0.274 e. The molecule has 0 bridgehead atoms. The van der Waals surface area contributed by atoms with E-state index >= 15 is 0 Å². The van der Waals surface area contributed by atoms with Crippen molar-refractivity contribution in [2.45, 2.75) is 17.6 Å². The van der Waals surface area contributed by atoms with Gasteiger partial charge in [-0.25, -0.2) is 9.97 Å². The molecule has 7 heteroatoms. The van der Waals surface area contributed by atoms with Crippen LogP contribution in [0.5, 0.6) is 0 Å². The first-order valence-electron chi connectivity index (χ1n) is 6.05. The molecule has 0 aliphatic carbocycles. The van der Waals surface area contributed by atoms with E-state index in [1.807, 2.05) is 25.1 Å². The second-order valence-corrected chi connectivity index (χ2v) is 5.40. The molecular formula is C13H13N5OS. The molecule has 1 aromatic carbocycles. The molecule has 0 amide bonds. The minimum absolute atomic E-state index is 0.166. The number of nitrogen functional groups attached to an aromatic ring is 1. The van der Waals surface area contributed by atoms with E-state index in [0.29, 0.717) is 17.2 Å². The summed E-state index contributed by atoms with van der Waals surface area (Å²) >= 11 is 1.56. The Hall–Kier alpha value is -2.28. The number of nitrogens with zero attached hydrogens (tertiary/aromatic N) is 3. The molecule has 3 aromatic rings. The highest BCUT2D eigenvalue weighted by molar-refractivity contribution is 7.98. The highest BCUT2D eigenvalue weighted by atomic mass is 32.2. The van der Waals surface area contributed by atoms with Gasteiger partial charge < -0.3 is 5.73 Å². The SMILES string of the molecule is Cc1cccc(SCc2cc(=O)n3[nH]cnc3n2)c1N. The number of nitrogens with two attached hydrogens (primary N) is 1. The monoisotopic (exact) mass is 287 g/mol. The molecule has 0 aliphatic rings. The van der Waals surface area contributed by atoms with Crippen molar-refractivity contribution in [3.05, 3.63) is 52.2 Å². The quantitative estimate of drug-likeness (QED) is 0.564. The molecule has 0 fully saturated rings. The van der Waals surface area contributed by atoms with E-state index in [4.69, 9.17) is 5.73 Å². The molecule has 0 atom stereocenters. The van der Waals surface area contributed by atoms with Crippen LogP contribution >= 0.6 is 11.8 Å². The van der Waals surface area contributed by atoms with Crippen molar-refractivity contribution in [1.82, 2.24) is 19.6 Å². The zero-order chi connectivity index (χ0) is 14.1. The predicted molar refractivity (Wildman–Crippen MR) is 78.8 cm³/mol. The highest BCUT2D eigenvalue weighted by Gasteiger charge is 2.07. The van der Waals surface area contributed by atoms with Gasteiger partial charge in [0.05, 0.1) is 5.69 Å². The summed E-state index contributed by atoms with van der Waals surface area (Å²) in [6, 6.07) is 7.41. The second-order valence-electron chi connectivity index (χ2n) is 4.38. The number of aryl methyl sites for hydroxylation is 1. The number of para-hydroxylation sites is 1. The fourth-order valence-electron chi connectivity index (χ4n) is 1.87. The molecule has 2 heterocycles. The van der Waals surface area contributed by atoms with Gasteiger partial charge in [0.1, 0.15) is 6.33 Å². The van der Waals surface area contributed by atoms with Gasteiger partial charge in [0.25, 0.3) is 11.3 Å². The van der Waals surface area contributed by atoms with Crippen LogP contribution in [0.15, 0.2) is 40.3 Å². The fourth-order valence-corrected chi connectivity index (χ4v) is 2.82. The Morgan fingerprint density at radius 1 is 1.45 bits per heavy atom. The lowest BCUT2D eigenvalue weighted by Crippen LogP contribution is -2.15. The van der Waals surface area contributed by atoms with Crippen LogP contribution in [0.4, 0.5) is 5.69 Å². The number of hydrogen-bond acceptors (Lipinski definition) is 5. The van der Waals surface area contributed by atoms with Gasteiger partial charge >= 0.3 is 0 Å². The van der Waals surface area contributed by atoms with E-state index in [1.165, 1.54) is 16.9 Å². The van der Waals surface area contributed by atoms with E-state index in [2.05, 4.69) is 15.1 Å². The molecule has 2 aromatic heterocycles. The Morgan fingerprint density at radius 2 is 2.30 bits per heavy atom. The van der Waals surface area contributed by atoms with Crippen molar-refractivity contribution in [3.8, 4) is 0 Å². The van der Waals surface area contributed by atoms with E-state index in [0.717, 1.165) is 16.1 Å². The second kappa shape index (κ2) is 5.01. The molecule has 0 spiro atoms. The van der Waals surface area contributed by atoms with Crippen molar-refractivity contribution in [2.75, 3.05) is 5.73 Å². The van der Waals surface area contributed by atoms with Crippen LogP contribution in [-0.2, 0) is 5.75 Å². The van der Waals surface area contributed by atoms with Crippen LogP contribution in [0.25, 0.3) is 5.78 Å². The molecule has 6 nitrogen and oxygen atoms in total. The van der Waals surface area contributed by atoms with Gasteiger partial charge in [-0.1, -0.05) is 12.1 Å². The van der Waals surface area contributed by atoms with E-state index in [1.54, 1.807) is 11.8 Å². The molecule has 0 saturated heterocycles. The third-order valence-electron chi connectivity index (χ3n) is 2.98. The number of H-pyrrole nitrogens is 1. The molecular weight excluding hydrogens is 274 g/mol. The number of thioether (sulfide) groups is 1. The van der Waals surface area contributed by atoms with Crippen molar-refractivity contribution >= 4 is 23.2 Å². The van der Waals surface area contributed by atoms with Crippen LogP contribution in [-0.4, -0.2) is 19.6 Å². The van der Waals surface area contributed by atoms with Crippen LogP contribution in [0, 0.1) is 6.92 Å². The van der Waals surface area contributed by atoms with Crippen LogP contribution in [0.2, 0.25) is 0 Å². The number of benzene rings is 1. The van der Waals surface area contributed by atoms with Crippen molar-refractivity contribution in [1.29, 1.82) is 0 Å². The Balaban J connectivity index is 1.86. The van der Waals surface area contributed by atoms with Crippen molar-refractivity contribution < 1.29 is 0 Å². The topological polar surface area (TPSA) is 89.1 Å². The summed E-state index contributed by atoms with van der Waals surface area (Å²) in [7, 11) is 0. The van der Waals surface area contributed by atoms with E-state index in [9.17, 15) is 4.79 Å².